The number of sulfonamides is 1. The Morgan fingerprint density at radius 3 is 2.76 bits per heavy atom. The molecule has 0 saturated carbocycles. The molecule has 0 aliphatic carbocycles. The summed E-state index contributed by atoms with van der Waals surface area (Å²) in [7, 11) is -2.13. The molecule has 1 unspecified atom stereocenters. The standard InChI is InChI=1S/C13H18N2O5S/c1-3-11-13(17)15(2)10-8-9(4-5-12(10)20-11)21(18,19)14-6-7-16/h4-5,8,11,14,16H,3,6-7H2,1-2H3. The highest BCUT2D eigenvalue weighted by Gasteiger charge is 2.31. The van der Waals surface area contributed by atoms with Gasteiger partial charge in [0.05, 0.1) is 17.2 Å². The number of hydrogen-bond donors (Lipinski definition) is 2. The van der Waals surface area contributed by atoms with Crippen molar-refractivity contribution in [2.75, 3.05) is 25.1 Å². The van der Waals surface area contributed by atoms with Crippen LogP contribution in [0.3, 0.4) is 0 Å². The number of anilines is 1. The maximum Gasteiger partial charge on any atom is 0.267 e. The maximum absolute atomic E-state index is 12.1. The normalized spacial score (nSPS) is 18.3. The summed E-state index contributed by atoms with van der Waals surface area (Å²) in [6.45, 7) is 1.49. The molecule has 2 rings (SSSR count). The molecule has 0 bridgehead atoms. The van der Waals surface area contributed by atoms with E-state index in [1.54, 1.807) is 7.05 Å². The van der Waals surface area contributed by atoms with Gasteiger partial charge in [0.25, 0.3) is 5.91 Å². The van der Waals surface area contributed by atoms with Crippen molar-refractivity contribution in [2.45, 2.75) is 24.3 Å². The summed E-state index contributed by atoms with van der Waals surface area (Å²) >= 11 is 0. The summed E-state index contributed by atoms with van der Waals surface area (Å²) in [6.07, 6.45) is -0.00163. The molecular formula is C13H18N2O5S. The van der Waals surface area contributed by atoms with E-state index in [1.807, 2.05) is 6.92 Å². The van der Waals surface area contributed by atoms with E-state index in [4.69, 9.17) is 9.84 Å². The maximum atomic E-state index is 12.1. The summed E-state index contributed by atoms with van der Waals surface area (Å²) in [5, 5.41) is 8.70. The largest absolute Gasteiger partial charge is 0.478 e. The first-order chi connectivity index (χ1) is 9.90. The van der Waals surface area contributed by atoms with Crippen LogP contribution in [0.15, 0.2) is 23.1 Å². The highest BCUT2D eigenvalue weighted by molar-refractivity contribution is 7.89. The fourth-order valence-corrected chi connectivity index (χ4v) is 3.13. The summed E-state index contributed by atoms with van der Waals surface area (Å²) < 4.78 is 31.9. The predicted molar refractivity (Wildman–Crippen MR) is 76.8 cm³/mol. The van der Waals surface area contributed by atoms with E-state index < -0.39 is 16.1 Å². The Bertz CT molecular complexity index is 644. The zero-order chi connectivity index (χ0) is 15.6. The molecule has 0 fully saturated rings. The molecule has 0 spiro atoms. The molecular weight excluding hydrogens is 296 g/mol. The fourth-order valence-electron chi connectivity index (χ4n) is 2.09. The third-order valence-corrected chi connectivity index (χ3v) is 4.71. The zero-order valence-corrected chi connectivity index (χ0v) is 12.7. The van der Waals surface area contributed by atoms with E-state index in [1.165, 1.54) is 23.1 Å². The van der Waals surface area contributed by atoms with Gasteiger partial charge in [-0.2, -0.15) is 0 Å². The number of fused-ring (bicyclic) bond motifs is 1. The second kappa shape index (κ2) is 6.00. The Hall–Kier alpha value is -1.64. The van der Waals surface area contributed by atoms with Gasteiger partial charge in [-0.1, -0.05) is 6.92 Å². The lowest BCUT2D eigenvalue weighted by molar-refractivity contribution is -0.126. The molecule has 1 amide bonds. The second-order valence-electron chi connectivity index (χ2n) is 4.66. The van der Waals surface area contributed by atoms with Crippen molar-refractivity contribution in [3.8, 4) is 5.75 Å². The fraction of sp³-hybridized carbons (Fsp3) is 0.462. The second-order valence-corrected chi connectivity index (χ2v) is 6.43. The lowest BCUT2D eigenvalue weighted by Crippen LogP contribution is -2.43. The van der Waals surface area contributed by atoms with Gasteiger partial charge >= 0.3 is 0 Å². The first kappa shape index (κ1) is 15.7. The summed E-state index contributed by atoms with van der Waals surface area (Å²) in [5.41, 5.74) is 0.413. The van der Waals surface area contributed by atoms with E-state index in [9.17, 15) is 13.2 Å². The van der Waals surface area contributed by atoms with Gasteiger partial charge in [-0.15, -0.1) is 0 Å². The predicted octanol–water partition coefficient (Wildman–Crippen LogP) is 0.0910. The average Bonchev–Trinajstić information content (AvgIpc) is 2.48. The van der Waals surface area contributed by atoms with E-state index >= 15 is 0 Å². The topological polar surface area (TPSA) is 95.9 Å². The molecule has 0 saturated heterocycles. The first-order valence-corrected chi connectivity index (χ1v) is 8.07. The number of amides is 1. The summed E-state index contributed by atoms with van der Waals surface area (Å²) in [4.78, 5) is 13.5. The van der Waals surface area contributed by atoms with E-state index in [-0.39, 0.29) is 24.0 Å². The van der Waals surface area contributed by atoms with Crippen LogP contribution >= 0.6 is 0 Å². The molecule has 0 aromatic heterocycles. The minimum atomic E-state index is -3.72. The molecule has 116 valence electrons. The number of likely N-dealkylation sites (N-methyl/N-ethyl adjacent to an activating group) is 1. The third-order valence-electron chi connectivity index (χ3n) is 3.25. The lowest BCUT2D eigenvalue weighted by atomic mass is 10.1. The van der Waals surface area contributed by atoms with Gasteiger partial charge < -0.3 is 14.7 Å². The SMILES string of the molecule is CCC1Oc2ccc(S(=O)(=O)NCCO)cc2N(C)C1=O. The van der Waals surface area contributed by atoms with Crippen molar-refractivity contribution in [1.82, 2.24) is 4.72 Å². The smallest absolute Gasteiger partial charge is 0.267 e. The van der Waals surface area contributed by atoms with Gasteiger partial charge in [-0.25, -0.2) is 13.1 Å². The number of carbonyl (C=O) groups is 1. The summed E-state index contributed by atoms with van der Waals surface area (Å²) in [6, 6.07) is 4.34. The van der Waals surface area contributed by atoms with Crippen molar-refractivity contribution < 1.29 is 23.1 Å². The number of hydrogen-bond acceptors (Lipinski definition) is 5. The van der Waals surface area contributed by atoms with E-state index in [0.717, 1.165) is 0 Å². The number of carbonyl (C=O) groups excluding carboxylic acids is 1. The molecule has 8 heteroatoms. The Kier molecular flexibility index (Phi) is 4.50. The van der Waals surface area contributed by atoms with Gasteiger partial charge in [0, 0.05) is 13.6 Å². The van der Waals surface area contributed by atoms with Crippen molar-refractivity contribution in [2.24, 2.45) is 0 Å². The highest BCUT2D eigenvalue weighted by atomic mass is 32.2. The third kappa shape index (κ3) is 3.02. The van der Waals surface area contributed by atoms with Crippen molar-refractivity contribution in [3.05, 3.63) is 18.2 Å². The van der Waals surface area contributed by atoms with E-state index in [2.05, 4.69) is 4.72 Å². The van der Waals surface area contributed by atoms with Crippen LogP contribution in [0.1, 0.15) is 13.3 Å². The van der Waals surface area contributed by atoms with Crippen LogP contribution in [-0.4, -0.2) is 45.7 Å². The molecule has 2 N–H and O–H groups in total. The minimum absolute atomic E-state index is 0.0212. The van der Waals surface area contributed by atoms with Gasteiger partial charge in [-0.3, -0.25) is 4.79 Å². The zero-order valence-electron chi connectivity index (χ0n) is 11.9. The number of aliphatic hydroxyl groups excluding tert-OH is 1. The van der Waals surface area contributed by atoms with Crippen LogP contribution in [0.4, 0.5) is 5.69 Å². The lowest BCUT2D eigenvalue weighted by Gasteiger charge is -2.31. The van der Waals surface area contributed by atoms with Crippen LogP contribution in [0.25, 0.3) is 0 Å². The Labute approximate surface area is 123 Å². The molecule has 7 nitrogen and oxygen atoms in total. The van der Waals surface area contributed by atoms with E-state index in [0.29, 0.717) is 17.9 Å². The van der Waals surface area contributed by atoms with Gasteiger partial charge in [0.1, 0.15) is 5.75 Å². The number of ether oxygens (including phenoxy) is 1. The number of aliphatic hydroxyl groups is 1. The molecule has 0 radical (unpaired) electrons. The Morgan fingerprint density at radius 2 is 2.14 bits per heavy atom. The Morgan fingerprint density at radius 1 is 1.43 bits per heavy atom. The minimum Gasteiger partial charge on any atom is -0.478 e. The van der Waals surface area contributed by atoms with Crippen LogP contribution in [0.2, 0.25) is 0 Å². The van der Waals surface area contributed by atoms with Crippen molar-refractivity contribution in [1.29, 1.82) is 0 Å². The summed E-state index contributed by atoms with van der Waals surface area (Å²) in [5.74, 6) is 0.271. The number of rotatable bonds is 5. The van der Waals surface area contributed by atoms with Crippen molar-refractivity contribution in [3.63, 3.8) is 0 Å². The molecule has 1 aromatic rings. The molecule has 1 aromatic carbocycles. The van der Waals surface area contributed by atoms with Crippen LogP contribution in [0.5, 0.6) is 5.75 Å². The van der Waals surface area contributed by atoms with Gasteiger partial charge in [0.15, 0.2) is 6.10 Å². The molecule has 1 aliphatic rings. The highest BCUT2D eigenvalue weighted by Crippen LogP contribution is 2.35. The van der Waals surface area contributed by atoms with Crippen LogP contribution < -0.4 is 14.4 Å². The van der Waals surface area contributed by atoms with Gasteiger partial charge in [0.2, 0.25) is 10.0 Å². The van der Waals surface area contributed by atoms with Crippen LogP contribution in [0, 0.1) is 0 Å². The molecule has 1 aliphatic heterocycles. The van der Waals surface area contributed by atoms with Crippen molar-refractivity contribution >= 4 is 21.6 Å². The molecule has 1 atom stereocenters. The average molecular weight is 314 g/mol. The number of nitrogens with zero attached hydrogens (tertiary/aromatic N) is 1. The quantitative estimate of drug-likeness (QED) is 0.803. The molecule has 1 heterocycles. The van der Waals surface area contributed by atoms with Crippen LogP contribution in [-0.2, 0) is 14.8 Å². The monoisotopic (exact) mass is 314 g/mol. The number of benzene rings is 1. The number of nitrogens with one attached hydrogen (secondary N) is 1. The van der Waals surface area contributed by atoms with Gasteiger partial charge in [-0.05, 0) is 24.6 Å². The first-order valence-electron chi connectivity index (χ1n) is 6.59. The molecule has 21 heavy (non-hydrogen) atoms. The Balaban J connectivity index is 2.38.